The minimum absolute atomic E-state index is 0.148. The van der Waals surface area contributed by atoms with Gasteiger partial charge in [0.2, 0.25) is 0 Å². The Hall–Kier alpha value is -1.10. The van der Waals surface area contributed by atoms with Gasteiger partial charge in [-0.2, -0.15) is 0 Å². The SMILES string of the molecule is COC(C)CNCC(O)COc1ccc(C)cc1. The average Bonchev–Trinajstić information content (AvgIpc) is 2.38. The van der Waals surface area contributed by atoms with Crippen LogP contribution in [-0.2, 0) is 4.74 Å². The van der Waals surface area contributed by atoms with Gasteiger partial charge in [-0.1, -0.05) is 17.7 Å². The Labute approximate surface area is 109 Å². The number of hydrogen-bond donors (Lipinski definition) is 2. The largest absolute Gasteiger partial charge is 0.491 e. The smallest absolute Gasteiger partial charge is 0.119 e. The van der Waals surface area contributed by atoms with Crippen molar-refractivity contribution in [1.29, 1.82) is 0 Å². The van der Waals surface area contributed by atoms with Crippen LogP contribution in [0.3, 0.4) is 0 Å². The van der Waals surface area contributed by atoms with Gasteiger partial charge in [0.15, 0.2) is 0 Å². The lowest BCUT2D eigenvalue weighted by Crippen LogP contribution is -2.35. The Morgan fingerprint density at radius 2 is 1.89 bits per heavy atom. The molecule has 18 heavy (non-hydrogen) atoms. The second-order valence-electron chi connectivity index (χ2n) is 4.48. The highest BCUT2D eigenvalue weighted by Crippen LogP contribution is 2.11. The van der Waals surface area contributed by atoms with Crippen LogP contribution in [0.1, 0.15) is 12.5 Å². The van der Waals surface area contributed by atoms with Crippen molar-refractivity contribution < 1.29 is 14.6 Å². The Morgan fingerprint density at radius 1 is 1.22 bits per heavy atom. The van der Waals surface area contributed by atoms with E-state index in [1.54, 1.807) is 7.11 Å². The van der Waals surface area contributed by atoms with E-state index in [2.05, 4.69) is 5.32 Å². The molecule has 0 fully saturated rings. The Kier molecular flexibility index (Phi) is 6.72. The second-order valence-corrected chi connectivity index (χ2v) is 4.48. The van der Waals surface area contributed by atoms with E-state index in [0.29, 0.717) is 6.54 Å². The normalized spacial score (nSPS) is 14.2. The number of hydrogen-bond acceptors (Lipinski definition) is 4. The summed E-state index contributed by atoms with van der Waals surface area (Å²) >= 11 is 0. The second kappa shape index (κ2) is 8.08. The molecular formula is C14H23NO3. The van der Waals surface area contributed by atoms with Gasteiger partial charge in [-0.3, -0.25) is 0 Å². The Balaban J connectivity index is 2.16. The van der Waals surface area contributed by atoms with Gasteiger partial charge in [-0.25, -0.2) is 0 Å². The van der Waals surface area contributed by atoms with Crippen LogP contribution in [-0.4, -0.2) is 44.1 Å². The fourth-order valence-electron chi connectivity index (χ4n) is 1.42. The summed E-state index contributed by atoms with van der Waals surface area (Å²) < 4.78 is 10.6. The molecule has 102 valence electrons. The molecule has 0 bridgehead atoms. The van der Waals surface area contributed by atoms with E-state index in [9.17, 15) is 5.11 Å². The van der Waals surface area contributed by atoms with Gasteiger partial charge in [0.05, 0.1) is 6.10 Å². The first-order valence-corrected chi connectivity index (χ1v) is 6.23. The van der Waals surface area contributed by atoms with Crippen molar-refractivity contribution in [3.8, 4) is 5.75 Å². The number of aliphatic hydroxyl groups excluding tert-OH is 1. The molecule has 4 heteroatoms. The summed E-state index contributed by atoms with van der Waals surface area (Å²) in [7, 11) is 1.67. The highest BCUT2D eigenvalue weighted by molar-refractivity contribution is 5.26. The molecule has 0 heterocycles. The van der Waals surface area contributed by atoms with E-state index in [1.807, 2.05) is 38.1 Å². The lowest BCUT2D eigenvalue weighted by molar-refractivity contribution is 0.0904. The van der Waals surface area contributed by atoms with Gasteiger partial charge in [0.25, 0.3) is 0 Å². The van der Waals surface area contributed by atoms with Crippen LogP contribution in [0, 0.1) is 6.92 Å². The number of nitrogens with one attached hydrogen (secondary N) is 1. The van der Waals surface area contributed by atoms with Gasteiger partial charge >= 0.3 is 0 Å². The fraction of sp³-hybridized carbons (Fsp3) is 0.571. The lowest BCUT2D eigenvalue weighted by Gasteiger charge is -2.15. The molecule has 0 radical (unpaired) electrons. The number of methoxy groups -OCH3 is 1. The van der Waals surface area contributed by atoms with E-state index in [4.69, 9.17) is 9.47 Å². The molecule has 0 saturated heterocycles. The summed E-state index contributed by atoms with van der Waals surface area (Å²) in [5.74, 6) is 0.782. The van der Waals surface area contributed by atoms with E-state index in [-0.39, 0.29) is 12.7 Å². The lowest BCUT2D eigenvalue weighted by atomic mass is 10.2. The van der Waals surface area contributed by atoms with Crippen LogP contribution < -0.4 is 10.1 Å². The molecule has 0 saturated carbocycles. The highest BCUT2D eigenvalue weighted by Gasteiger charge is 2.06. The van der Waals surface area contributed by atoms with Crippen LogP contribution in [0.5, 0.6) is 5.75 Å². The summed E-state index contributed by atoms with van der Waals surface area (Å²) in [6.07, 6.45) is -0.370. The minimum atomic E-state index is -0.518. The minimum Gasteiger partial charge on any atom is -0.491 e. The first-order valence-electron chi connectivity index (χ1n) is 6.23. The van der Waals surface area contributed by atoms with Crippen LogP contribution >= 0.6 is 0 Å². The molecule has 0 spiro atoms. The summed E-state index contributed by atoms with van der Waals surface area (Å²) in [5, 5.41) is 12.8. The molecule has 0 aliphatic carbocycles. The topological polar surface area (TPSA) is 50.7 Å². The van der Waals surface area contributed by atoms with Gasteiger partial charge in [-0.05, 0) is 26.0 Å². The molecule has 1 aromatic carbocycles. The third-order valence-electron chi connectivity index (χ3n) is 2.68. The summed E-state index contributed by atoms with van der Waals surface area (Å²) in [6.45, 7) is 5.51. The summed E-state index contributed by atoms with van der Waals surface area (Å²) in [4.78, 5) is 0. The van der Waals surface area contributed by atoms with Crippen LogP contribution in [0.2, 0.25) is 0 Å². The molecule has 0 amide bonds. The van der Waals surface area contributed by atoms with Gasteiger partial charge in [0, 0.05) is 20.2 Å². The van der Waals surface area contributed by atoms with Crippen LogP contribution in [0.4, 0.5) is 0 Å². The number of aryl methyl sites for hydroxylation is 1. The van der Waals surface area contributed by atoms with E-state index in [0.717, 1.165) is 12.3 Å². The average molecular weight is 253 g/mol. The zero-order valence-electron chi connectivity index (χ0n) is 11.3. The number of benzene rings is 1. The standard InChI is InChI=1S/C14H23NO3/c1-11-4-6-14(7-5-11)18-10-13(16)9-15-8-12(2)17-3/h4-7,12-13,15-16H,8-10H2,1-3H3. The number of rotatable bonds is 8. The predicted octanol–water partition coefficient (Wildman–Crippen LogP) is 1.36. The third-order valence-corrected chi connectivity index (χ3v) is 2.68. The van der Waals surface area contributed by atoms with Gasteiger partial charge < -0.3 is 19.9 Å². The maximum absolute atomic E-state index is 9.72. The Morgan fingerprint density at radius 3 is 2.50 bits per heavy atom. The Bertz CT molecular complexity index is 326. The molecule has 1 aromatic rings. The number of aliphatic hydroxyl groups is 1. The molecule has 0 aliphatic rings. The van der Waals surface area contributed by atoms with E-state index < -0.39 is 6.10 Å². The van der Waals surface area contributed by atoms with Gasteiger partial charge in [0.1, 0.15) is 18.5 Å². The van der Waals surface area contributed by atoms with E-state index in [1.165, 1.54) is 5.56 Å². The van der Waals surface area contributed by atoms with Crippen LogP contribution in [0.15, 0.2) is 24.3 Å². The zero-order valence-corrected chi connectivity index (χ0v) is 11.3. The quantitative estimate of drug-likeness (QED) is 0.734. The van der Waals surface area contributed by atoms with Crippen molar-refractivity contribution in [1.82, 2.24) is 5.32 Å². The van der Waals surface area contributed by atoms with Crippen LogP contribution in [0.25, 0.3) is 0 Å². The van der Waals surface area contributed by atoms with E-state index >= 15 is 0 Å². The number of ether oxygens (including phenoxy) is 2. The molecule has 0 aliphatic heterocycles. The molecule has 2 N–H and O–H groups in total. The maximum Gasteiger partial charge on any atom is 0.119 e. The molecule has 2 atom stereocenters. The van der Waals surface area contributed by atoms with Crippen molar-refractivity contribution >= 4 is 0 Å². The zero-order chi connectivity index (χ0) is 13.4. The summed E-state index contributed by atoms with van der Waals surface area (Å²) in [5.41, 5.74) is 1.19. The van der Waals surface area contributed by atoms with Crippen molar-refractivity contribution in [2.45, 2.75) is 26.1 Å². The van der Waals surface area contributed by atoms with Crippen molar-refractivity contribution in [2.24, 2.45) is 0 Å². The molecular weight excluding hydrogens is 230 g/mol. The predicted molar refractivity (Wildman–Crippen MR) is 72.0 cm³/mol. The molecule has 2 unspecified atom stereocenters. The maximum atomic E-state index is 9.72. The first kappa shape index (κ1) is 15.0. The highest BCUT2D eigenvalue weighted by atomic mass is 16.5. The van der Waals surface area contributed by atoms with Crippen molar-refractivity contribution in [2.75, 3.05) is 26.8 Å². The van der Waals surface area contributed by atoms with Crippen molar-refractivity contribution in [3.05, 3.63) is 29.8 Å². The first-order chi connectivity index (χ1) is 8.61. The molecule has 0 aromatic heterocycles. The van der Waals surface area contributed by atoms with Crippen molar-refractivity contribution in [3.63, 3.8) is 0 Å². The summed E-state index contributed by atoms with van der Waals surface area (Å²) in [6, 6.07) is 7.78. The monoisotopic (exact) mass is 253 g/mol. The van der Waals surface area contributed by atoms with Gasteiger partial charge in [-0.15, -0.1) is 0 Å². The fourth-order valence-corrected chi connectivity index (χ4v) is 1.42. The molecule has 1 rings (SSSR count). The molecule has 4 nitrogen and oxygen atoms in total. The third kappa shape index (κ3) is 6.00.